The fraction of sp³-hybridized carbons (Fsp3) is 0.188. The molecule has 0 unspecified atom stereocenters. The van der Waals surface area contributed by atoms with E-state index in [1.807, 2.05) is 12.1 Å². The Morgan fingerprint density at radius 2 is 1.95 bits per heavy atom. The van der Waals surface area contributed by atoms with Gasteiger partial charge in [0.1, 0.15) is 0 Å². The molecular weight excluding hydrogens is 252 g/mol. The average molecular weight is 268 g/mol. The molecule has 0 saturated carbocycles. The Hall–Kier alpha value is -2.33. The lowest BCUT2D eigenvalue weighted by molar-refractivity contribution is 0.146. The van der Waals surface area contributed by atoms with Crippen molar-refractivity contribution in [1.82, 2.24) is 10.4 Å². The van der Waals surface area contributed by atoms with Crippen molar-refractivity contribution in [2.24, 2.45) is 0 Å². The fourth-order valence-electron chi connectivity index (χ4n) is 2.66. The normalized spacial score (nSPS) is 15.9. The molecule has 1 heterocycles. The first kappa shape index (κ1) is 12.7. The molecule has 0 bridgehead atoms. The van der Waals surface area contributed by atoms with Gasteiger partial charge in [0.15, 0.2) is 0 Å². The summed E-state index contributed by atoms with van der Waals surface area (Å²) in [4.78, 5) is 10.6. The summed E-state index contributed by atoms with van der Waals surface area (Å²) in [6, 6.07) is 14.6. The van der Waals surface area contributed by atoms with E-state index in [1.54, 1.807) is 5.01 Å². The predicted octanol–water partition coefficient (Wildman–Crippen LogP) is 3.11. The topological polar surface area (TPSA) is 52.6 Å². The van der Waals surface area contributed by atoms with Crippen molar-refractivity contribution in [1.29, 1.82) is 0 Å². The Labute approximate surface area is 117 Å². The molecule has 2 aromatic carbocycles. The van der Waals surface area contributed by atoms with Crippen LogP contribution in [0.1, 0.15) is 12.0 Å². The Bertz CT molecular complexity index is 674. The minimum Gasteiger partial charge on any atom is -0.464 e. The predicted molar refractivity (Wildman–Crippen MR) is 79.3 cm³/mol. The quantitative estimate of drug-likeness (QED) is 0.880. The van der Waals surface area contributed by atoms with Crippen LogP contribution in [0.3, 0.4) is 0 Å². The molecule has 20 heavy (non-hydrogen) atoms. The maximum absolute atomic E-state index is 10.6. The maximum Gasteiger partial charge on any atom is 0.419 e. The monoisotopic (exact) mass is 268 g/mol. The second kappa shape index (κ2) is 5.35. The van der Waals surface area contributed by atoms with Crippen molar-refractivity contribution >= 4 is 22.4 Å². The van der Waals surface area contributed by atoms with Gasteiger partial charge in [0.2, 0.25) is 0 Å². The van der Waals surface area contributed by atoms with Gasteiger partial charge in [-0.3, -0.25) is 5.43 Å². The van der Waals surface area contributed by atoms with Gasteiger partial charge in [-0.25, -0.2) is 9.80 Å². The highest BCUT2D eigenvalue weighted by Crippen LogP contribution is 2.28. The molecule has 1 amide bonds. The van der Waals surface area contributed by atoms with E-state index in [2.05, 4.69) is 41.8 Å². The lowest BCUT2D eigenvalue weighted by Gasteiger charge is -2.26. The highest BCUT2D eigenvalue weighted by atomic mass is 16.4. The molecule has 1 aliphatic heterocycles. The summed E-state index contributed by atoms with van der Waals surface area (Å²) in [5, 5.41) is 12.9. The van der Waals surface area contributed by atoms with Crippen molar-refractivity contribution < 1.29 is 9.90 Å². The number of fused-ring (bicyclic) bond motifs is 1. The number of hydrogen-bond acceptors (Lipinski definition) is 2. The van der Waals surface area contributed by atoms with E-state index >= 15 is 0 Å². The Balaban J connectivity index is 1.89. The largest absolute Gasteiger partial charge is 0.464 e. The van der Waals surface area contributed by atoms with Gasteiger partial charge in [0.25, 0.3) is 0 Å². The zero-order chi connectivity index (χ0) is 13.9. The van der Waals surface area contributed by atoms with Crippen molar-refractivity contribution in [3.63, 3.8) is 0 Å². The van der Waals surface area contributed by atoms with Gasteiger partial charge < -0.3 is 5.11 Å². The van der Waals surface area contributed by atoms with E-state index in [0.717, 1.165) is 6.42 Å². The molecular formula is C16H16N2O2. The van der Waals surface area contributed by atoms with Gasteiger partial charge in [0, 0.05) is 13.1 Å². The van der Waals surface area contributed by atoms with E-state index in [1.165, 1.54) is 21.9 Å². The molecule has 4 heteroatoms. The van der Waals surface area contributed by atoms with E-state index in [0.29, 0.717) is 13.1 Å². The van der Waals surface area contributed by atoms with Gasteiger partial charge in [-0.1, -0.05) is 48.5 Å². The Morgan fingerprint density at radius 3 is 2.70 bits per heavy atom. The zero-order valence-electron chi connectivity index (χ0n) is 11.0. The molecule has 0 fully saturated rings. The number of hydrogen-bond donors (Lipinski definition) is 2. The first-order chi connectivity index (χ1) is 9.74. The lowest BCUT2D eigenvalue weighted by atomic mass is 9.94. The third kappa shape index (κ3) is 2.51. The minimum absolute atomic E-state index is 0.602. The van der Waals surface area contributed by atoms with Crippen molar-refractivity contribution in [2.45, 2.75) is 6.42 Å². The number of carbonyl (C=O) groups is 1. The summed E-state index contributed by atoms with van der Waals surface area (Å²) in [5.41, 5.74) is 4.93. The van der Waals surface area contributed by atoms with Crippen LogP contribution in [0.25, 0.3) is 16.3 Å². The molecule has 4 nitrogen and oxygen atoms in total. The van der Waals surface area contributed by atoms with Crippen LogP contribution in [-0.2, 0) is 0 Å². The van der Waals surface area contributed by atoms with Crippen LogP contribution in [0.15, 0.2) is 48.5 Å². The van der Waals surface area contributed by atoms with E-state index < -0.39 is 6.09 Å². The van der Waals surface area contributed by atoms with Crippen LogP contribution in [-0.4, -0.2) is 29.3 Å². The zero-order valence-corrected chi connectivity index (χ0v) is 11.0. The number of benzene rings is 2. The lowest BCUT2D eigenvalue weighted by Crippen LogP contribution is -2.43. The van der Waals surface area contributed by atoms with Crippen LogP contribution in [0.5, 0.6) is 0 Å². The van der Waals surface area contributed by atoms with Gasteiger partial charge in [-0.05, 0) is 28.3 Å². The standard InChI is InChI=1S/C16H16N2O2/c19-16(20)17-18-10-8-13(9-11-18)15-7-3-5-12-4-1-2-6-14(12)15/h1-8,17H,9-11H2,(H,19,20). The smallest absolute Gasteiger partial charge is 0.419 e. The SMILES string of the molecule is O=C(O)NN1CC=C(c2cccc3ccccc23)CC1. The molecule has 0 spiro atoms. The Kier molecular flexibility index (Phi) is 3.39. The second-order valence-electron chi connectivity index (χ2n) is 4.87. The molecule has 3 rings (SSSR count). The first-order valence-electron chi connectivity index (χ1n) is 6.66. The van der Waals surface area contributed by atoms with Gasteiger partial charge >= 0.3 is 6.09 Å². The van der Waals surface area contributed by atoms with Crippen LogP contribution in [0.4, 0.5) is 4.79 Å². The van der Waals surface area contributed by atoms with Crippen LogP contribution >= 0.6 is 0 Å². The van der Waals surface area contributed by atoms with Gasteiger partial charge in [0.05, 0.1) is 0 Å². The first-order valence-corrected chi connectivity index (χ1v) is 6.66. The molecule has 2 aromatic rings. The number of carboxylic acid groups (broad SMARTS) is 1. The number of hydrazine groups is 1. The summed E-state index contributed by atoms with van der Waals surface area (Å²) in [6.45, 7) is 1.30. The van der Waals surface area contributed by atoms with Gasteiger partial charge in [-0.15, -0.1) is 0 Å². The molecule has 102 valence electrons. The molecule has 0 radical (unpaired) electrons. The summed E-state index contributed by atoms with van der Waals surface area (Å²) < 4.78 is 0. The second-order valence-corrected chi connectivity index (χ2v) is 4.87. The van der Waals surface area contributed by atoms with Crippen molar-refractivity contribution in [2.75, 3.05) is 13.1 Å². The number of nitrogens with one attached hydrogen (secondary N) is 1. The fourth-order valence-corrected chi connectivity index (χ4v) is 2.66. The molecule has 0 aliphatic carbocycles. The van der Waals surface area contributed by atoms with Crippen LogP contribution in [0.2, 0.25) is 0 Å². The molecule has 0 aromatic heterocycles. The highest BCUT2D eigenvalue weighted by molar-refractivity contribution is 5.94. The number of rotatable bonds is 2. The Morgan fingerprint density at radius 1 is 1.15 bits per heavy atom. The summed E-state index contributed by atoms with van der Waals surface area (Å²) in [6.07, 6.45) is 1.93. The van der Waals surface area contributed by atoms with E-state index in [9.17, 15) is 4.79 Å². The highest BCUT2D eigenvalue weighted by Gasteiger charge is 2.15. The minimum atomic E-state index is -1.01. The van der Waals surface area contributed by atoms with Crippen molar-refractivity contribution in [3.8, 4) is 0 Å². The molecule has 0 atom stereocenters. The average Bonchev–Trinajstić information content (AvgIpc) is 2.47. The third-order valence-electron chi connectivity index (χ3n) is 3.60. The van der Waals surface area contributed by atoms with Crippen molar-refractivity contribution in [3.05, 3.63) is 54.1 Å². The number of amides is 1. The summed E-state index contributed by atoms with van der Waals surface area (Å²) in [5.74, 6) is 0. The van der Waals surface area contributed by atoms with Gasteiger partial charge in [-0.2, -0.15) is 0 Å². The summed E-state index contributed by atoms with van der Waals surface area (Å²) in [7, 11) is 0. The third-order valence-corrected chi connectivity index (χ3v) is 3.60. The van der Waals surface area contributed by atoms with Crippen LogP contribution in [0, 0.1) is 0 Å². The molecule has 2 N–H and O–H groups in total. The van der Waals surface area contributed by atoms with E-state index in [4.69, 9.17) is 5.11 Å². The van der Waals surface area contributed by atoms with Crippen LogP contribution < -0.4 is 5.43 Å². The van der Waals surface area contributed by atoms with E-state index in [-0.39, 0.29) is 0 Å². The summed E-state index contributed by atoms with van der Waals surface area (Å²) >= 11 is 0. The molecule has 0 saturated heterocycles. The number of nitrogens with zero attached hydrogens (tertiary/aromatic N) is 1. The maximum atomic E-state index is 10.6. The molecule has 1 aliphatic rings.